The van der Waals surface area contributed by atoms with Gasteiger partial charge in [0.15, 0.2) is 0 Å². The van der Waals surface area contributed by atoms with Gasteiger partial charge in [0.1, 0.15) is 6.04 Å². The monoisotopic (exact) mass is 376 g/mol. The van der Waals surface area contributed by atoms with Gasteiger partial charge in [0, 0.05) is 12.6 Å². The van der Waals surface area contributed by atoms with Crippen LogP contribution in [-0.4, -0.2) is 33.4 Å². The van der Waals surface area contributed by atoms with Gasteiger partial charge in [-0.05, 0) is 36.2 Å². The van der Waals surface area contributed by atoms with Crippen LogP contribution in [0.2, 0.25) is 0 Å². The van der Waals surface area contributed by atoms with Crippen molar-refractivity contribution in [1.82, 2.24) is 4.72 Å². The Bertz CT molecular complexity index is 864. The molecule has 138 valence electrons. The molecule has 0 bridgehead atoms. The lowest BCUT2D eigenvalue weighted by Crippen LogP contribution is -2.42. The summed E-state index contributed by atoms with van der Waals surface area (Å²) in [6.45, 7) is 1.36. The maximum absolute atomic E-state index is 12.6. The van der Waals surface area contributed by atoms with Crippen molar-refractivity contribution in [3.05, 3.63) is 60.2 Å². The van der Waals surface area contributed by atoms with Crippen LogP contribution in [0.5, 0.6) is 0 Å². The van der Waals surface area contributed by atoms with Crippen LogP contribution in [0.25, 0.3) is 0 Å². The fourth-order valence-electron chi connectivity index (χ4n) is 2.34. The van der Waals surface area contributed by atoms with E-state index in [0.29, 0.717) is 5.69 Å². The van der Waals surface area contributed by atoms with Crippen LogP contribution >= 0.6 is 0 Å². The molecule has 0 aliphatic heterocycles. The van der Waals surface area contributed by atoms with Crippen molar-refractivity contribution in [1.29, 1.82) is 0 Å². The first-order valence-electron chi connectivity index (χ1n) is 7.83. The topological polar surface area (TPSA) is 102 Å². The second-order valence-electron chi connectivity index (χ2n) is 5.59. The van der Waals surface area contributed by atoms with Gasteiger partial charge in [-0.15, -0.1) is 0 Å². The Morgan fingerprint density at radius 1 is 1.04 bits per heavy atom. The highest BCUT2D eigenvalue weighted by Gasteiger charge is 2.26. The van der Waals surface area contributed by atoms with E-state index in [1.165, 1.54) is 38.3 Å². The smallest absolute Gasteiger partial charge is 0.324 e. The van der Waals surface area contributed by atoms with Gasteiger partial charge >= 0.3 is 5.97 Å². The van der Waals surface area contributed by atoms with E-state index in [4.69, 9.17) is 4.74 Å². The Kier molecular flexibility index (Phi) is 6.48. The molecule has 0 heterocycles. The van der Waals surface area contributed by atoms with Gasteiger partial charge in [-0.3, -0.25) is 9.59 Å². The van der Waals surface area contributed by atoms with Crippen molar-refractivity contribution in [3.8, 4) is 0 Å². The SMILES string of the molecule is COC(=O)[C@H](Cc1ccccc1)NS(=O)(=O)c1ccc(NC(C)=O)cc1. The highest BCUT2D eigenvalue weighted by molar-refractivity contribution is 7.89. The van der Waals surface area contributed by atoms with E-state index in [9.17, 15) is 18.0 Å². The molecule has 2 aromatic carbocycles. The molecule has 8 heteroatoms. The molecule has 0 spiro atoms. The number of nitrogens with one attached hydrogen (secondary N) is 2. The first-order valence-corrected chi connectivity index (χ1v) is 9.32. The quantitative estimate of drug-likeness (QED) is 0.717. The second kappa shape index (κ2) is 8.59. The number of carbonyl (C=O) groups excluding carboxylic acids is 2. The number of amides is 1. The zero-order valence-electron chi connectivity index (χ0n) is 14.4. The fraction of sp³-hybridized carbons (Fsp3) is 0.222. The van der Waals surface area contributed by atoms with Crippen molar-refractivity contribution in [3.63, 3.8) is 0 Å². The molecule has 0 unspecified atom stereocenters. The van der Waals surface area contributed by atoms with Crippen LogP contribution in [-0.2, 0) is 30.8 Å². The van der Waals surface area contributed by atoms with Crippen molar-refractivity contribution in [2.45, 2.75) is 24.3 Å². The molecule has 26 heavy (non-hydrogen) atoms. The molecule has 7 nitrogen and oxygen atoms in total. The summed E-state index contributed by atoms with van der Waals surface area (Å²) in [5.41, 5.74) is 1.27. The predicted molar refractivity (Wildman–Crippen MR) is 97.0 cm³/mol. The number of rotatable bonds is 7. The van der Waals surface area contributed by atoms with E-state index in [0.717, 1.165) is 5.56 Å². The van der Waals surface area contributed by atoms with Gasteiger partial charge in [0.2, 0.25) is 15.9 Å². The Morgan fingerprint density at radius 2 is 1.65 bits per heavy atom. The van der Waals surface area contributed by atoms with E-state index in [1.54, 1.807) is 24.3 Å². The fourth-order valence-corrected chi connectivity index (χ4v) is 3.53. The number of ether oxygens (including phenoxy) is 1. The van der Waals surface area contributed by atoms with Crippen LogP contribution < -0.4 is 10.0 Å². The molecule has 1 amide bonds. The molecule has 0 aromatic heterocycles. The normalized spacial score (nSPS) is 12.2. The van der Waals surface area contributed by atoms with Crippen molar-refractivity contribution < 1.29 is 22.7 Å². The van der Waals surface area contributed by atoms with Crippen LogP contribution in [0.1, 0.15) is 12.5 Å². The number of carbonyl (C=O) groups is 2. The minimum atomic E-state index is -3.94. The molecular formula is C18H20N2O5S. The Balaban J connectivity index is 2.19. The summed E-state index contributed by atoms with van der Waals surface area (Å²) in [7, 11) is -2.74. The number of benzene rings is 2. The van der Waals surface area contributed by atoms with E-state index < -0.39 is 22.0 Å². The van der Waals surface area contributed by atoms with Crippen molar-refractivity contribution in [2.24, 2.45) is 0 Å². The number of sulfonamides is 1. The predicted octanol–water partition coefficient (Wildman–Crippen LogP) is 1.71. The first-order chi connectivity index (χ1) is 12.3. The summed E-state index contributed by atoms with van der Waals surface area (Å²) < 4.78 is 32.3. The molecule has 2 rings (SSSR count). The van der Waals surface area contributed by atoms with E-state index in [-0.39, 0.29) is 17.2 Å². The van der Waals surface area contributed by atoms with Gasteiger partial charge in [-0.2, -0.15) is 4.72 Å². The first kappa shape index (κ1) is 19.6. The molecule has 0 aliphatic rings. The maximum atomic E-state index is 12.6. The lowest BCUT2D eigenvalue weighted by atomic mass is 10.1. The molecule has 2 aromatic rings. The summed E-state index contributed by atoms with van der Waals surface area (Å²) in [6.07, 6.45) is 0.163. The number of anilines is 1. The number of methoxy groups -OCH3 is 1. The van der Waals surface area contributed by atoms with Gasteiger partial charge in [-0.1, -0.05) is 30.3 Å². The molecule has 0 aliphatic carbocycles. The van der Waals surface area contributed by atoms with E-state index >= 15 is 0 Å². The van der Waals surface area contributed by atoms with E-state index in [1.807, 2.05) is 6.07 Å². The third kappa shape index (κ3) is 5.40. The lowest BCUT2D eigenvalue weighted by molar-refractivity contribution is -0.142. The highest BCUT2D eigenvalue weighted by Crippen LogP contribution is 2.15. The summed E-state index contributed by atoms with van der Waals surface area (Å²) in [6, 6.07) is 13.6. The lowest BCUT2D eigenvalue weighted by Gasteiger charge is -2.17. The molecular weight excluding hydrogens is 356 g/mol. The zero-order chi connectivity index (χ0) is 19.2. The average molecular weight is 376 g/mol. The third-order valence-corrected chi connectivity index (χ3v) is 5.04. The number of hydrogen-bond donors (Lipinski definition) is 2. The largest absolute Gasteiger partial charge is 0.468 e. The minimum absolute atomic E-state index is 0.0198. The van der Waals surface area contributed by atoms with Crippen LogP contribution in [0, 0.1) is 0 Å². The standard InChI is InChI=1S/C18H20N2O5S/c1-13(21)19-15-8-10-16(11-9-15)26(23,24)20-17(18(22)25-2)12-14-6-4-3-5-7-14/h3-11,17,20H,12H2,1-2H3,(H,19,21)/t17-/m0/s1. The van der Waals surface area contributed by atoms with Crippen LogP contribution in [0.4, 0.5) is 5.69 Å². The molecule has 0 saturated heterocycles. The third-order valence-electron chi connectivity index (χ3n) is 3.55. The van der Waals surface area contributed by atoms with Crippen molar-refractivity contribution >= 4 is 27.6 Å². The van der Waals surface area contributed by atoms with Gasteiger partial charge in [-0.25, -0.2) is 8.42 Å². The highest BCUT2D eigenvalue weighted by atomic mass is 32.2. The van der Waals surface area contributed by atoms with Crippen LogP contribution in [0.3, 0.4) is 0 Å². The van der Waals surface area contributed by atoms with Crippen molar-refractivity contribution in [2.75, 3.05) is 12.4 Å². The molecule has 2 N–H and O–H groups in total. The molecule has 0 radical (unpaired) electrons. The summed E-state index contributed by atoms with van der Waals surface area (Å²) in [5, 5.41) is 2.56. The Labute approximate surface area is 152 Å². The minimum Gasteiger partial charge on any atom is -0.468 e. The van der Waals surface area contributed by atoms with Gasteiger partial charge in [0.25, 0.3) is 0 Å². The molecule has 0 saturated carbocycles. The van der Waals surface area contributed by atoms with Gasteiger partial charge in [0.05, 0.1) is 12.0 Å². The zero-order valence-corrected chi connectivity index (χ0v) is 15.2. The summed E-state index contributed by atoms with van der Waals surface area (Å²) in [5.74, 6) is -0.931. The Morgan fingerprint density at radius 3 is 2.19 bits per heavy atom. The molecule has 0 fully saturated rings. The summed E-state index contributed by atoms with van der Waals surface area (Å²) >= 11 is 0. The average Bonchev–Trinajstić information content (AvgIpc) is 2.61. The summed E-state index contributed by atoms with van der Waals surface area (Å²) in [4.78, 5) is 23.0. The number of hydrogen-bond acceptors (Lipinski definition) is 5. The molecule has 1 atom stereocenters. The Hall–Kier alpha value is -2.71. The second-order valence-corrected chi connectivity index (χ2v) is 7.31. The number of esters is 1. The van der Waals surface area contributed by atoms with E-state index in [2.05, 4.69) is 10.0 Å². The maximum Gasteiger partial charge on any atom is 0.324 e. The van der Waals surface area contributed by atoms with Crippen LogP contribution in [0.15, 0.2) is 59.5 Å². The van der Waals surface area contributed by atoms with Gasteiger partial charge < -0.3 is 10.1 Å².